The van der Waals surface area contributed by atoms with E-state index >= 15 is 0 Å². The van der Waals surface area contributed by atoms with Crippen LogP contribution in [0.25, 0.3) is 0 Å². The largest absolute Gasteiger partial charge is 2.00 e. The van der Waals surface area contributed by atoms with Crippen molar-refractivity contribution in [3.05, 3.63) is 47.5 Å². The molecule has 1 aliphatic carbocycles. The molecule has 1 fully saturated rings. The molecule has 15 heteroatoms. The first-order valence-corrected chi connectivity index (χ1v) is 12.4. The molecule has 1 aliphatic rings. The molecule has 181 valence electrons. The molecule has 0 unspecified atom stereocenters. The van der Waals surface area contributed by atoms with E-state index in [4.69, 9.17) is 0 Å². The second kappa shape index (κ2) is 14.6. The van der Waals surface area contributed by atoms with Gasteiger partial charge in [0.1, 0.15) is 20.2 Å². The topological polar surface area (TPSA) is 185 Å². The molecule has 2 atom stereocenters. The molecule has 0 amide bonds. The van der Waals surface area contributed by atoms with E-state index in [0.29, 0.717) is 12.8 Å². The van der Waals surface area contributed by atoms with E-state index < -0.39 is 41.5 Å². The number of hydrogen-bond acceptors (Lipinski definition) is 10. The smallest absolute Gasteiger partial charge is 0.872 e. The van der Waals surface area contributed by atoms with E-state index in [-0.39, 0.29) is 99.4 Å². The quantitative estimate of drug-likeness (QED) is 0.182. The van der Waals surface area contributed by atoms with Crippen LogP contribution in [0.1, 0.15) is 36.8 Å². The van der Waals surface area contributed by atoms with Crippen LogP contribution in [0.5, 0.6) is 11.5 Å². The summed E-state index contributed by atoms with van der Waals surface area (Å²) in [6.45, 7) is 0. The van der Waals surface area contributed by atoms with Gasteiger partial charge in [-0.2, -0.15) is 0 Å². The van der Waals surface area contributed by atoms with E-state index in [1.54, 1.807) is 0 Å². The average Bonchev–Trinajstić information content (AvgIpc) is 2.71. The van der Waals surface area contributed by atoms with Gasteiger partial charge in [-0.05, 0) is 48.2 Å². The van der Waals surface area contributed by atoms with Crippen LogP contribution >= 0.6 is 0 Å². The van der Waals surface area contributed by atoms with Crippen molar-refractivity contribution in [1.29, 1.82) is 0 Å². The Balaban J connectivity index is 0.00000385. The Morgan fingerprint density at radius 1 is 0.714 bits per heavy atom. The molecule has 0 N–H and O–H groups in total. The standard InChI is InChI=1S/C20H22N2O8S2.Cu.2Na/c23-19-7-5-15(31(25,26)27)9-13(19)11-21-17-3-1-2-4-18(17)22-12-14-10-16(32(28,29)30)6-8-20(14)24;;;/h5-12,17-18,23-24H,1-4H2,(H,25,26,27)(H,28,29,30);;;/q;+2;2*+1/p-4/t17-,18-;;;/m1.../s1. The monoisotopic (exact) mass is 587 g/mol. The minimum Gasteiger partial charge on any atom is -0.872 e. The van der Waals surface area contributed by atoms with Gasteiger partial charge < -0.3 is 19.3 Å². The van der Waals surface area contributed by atoms with Gasteiger partial charge in [0.25, 0.3) is 0 Å². The van der Waals surface area contributed by atoms with Crippen LogP contribution in [0.4, 0.5) is 0 Å². The predicted octanol–water partition coefficient (Wildman–Crippen LogP) is -5.50. The maximum atomic E-state index is 12.0. The summed E-state index contributed by atoms with van der Waals surface area (Å²) in [6.07, 6.45) is 5.32. The summed E-state index contributed by atoms with van der Waals surface area (Å²) in [5.74, 6) is -0.993. The van der Waals surface area contributed by atoms with Crippen LogP contribution in [0.15, 0.2) is 56.2 Å². The third kappa shape index (κ3) is 9.84. The molecule has 0 aliphatic heterocycles. The van der Waals surface area contributed by atoms with Crippen molar-refractivity contribution in [2.75, 3.05) is 0 Å². The summed E-state index contributed by atoms with van der Waals surface area (Å²) in [5.41, 5.74) is -0.101. The van der Waals surface area contributed by atoms with Crippen molar-refractivity contribution >= 4 is 32.7 Å². The molecular formula is C20H18CuN2Na2O8S2. The fourth-order valence-corrected chi connectivity index (χ4v) is 4.37. The molecule has 1 radical (unpaired) electrons. The van der Waals surface area contributed by atoms with Gasteiger partial charge in [0.05, 0.1) is 21.9 Å². The zero-order chi connectivity index (χ0) is 23.5. The second-order valence-corrected chi connectivity index (χ2v) is 10.0. The van der Waals surface area contributed by atoms with Crippen LogP contribution in [0.3, 0.4) is 0 Å². The number of rotatable bonds is 6. The molecule has 35 heavy (non-hydrogen) atoms. The van der Waals surface area contributed by atoms with Gasteiger partial charge in [-0.1, -0.05) is 36.5 Å². The third-order valence-electron chi connectivity index (χ3n) is 5.04. The van der Waals surface area contributed by atoms with Crippen LogP contribution in [-0.2, 0) is 37.3 Å². The summed E-state index contributed by atoms with van der Waals surface area (Å²) < 4.78 is 67.1. The number of hydrogen-bond donors (Lipinski definition) is 0. The molecule has 2 aromatic rings. The Hall–Kier alpha value is -0.281. The van der Waals surface area contributed by atoms with Crippen LogP contribution in [-0.4, -0.2) is 50.5 Å². The first-order valence-electron chi connectivity index (χ1n) is 9.55. The van der Waals surface area contributed by atoms with Crippen molar-refractivity contribution in [1.82, 2.24) is 0 Å². The van der Waals surface area contributed by atoms with Crippen LogP contribution in [0.2, 0.25) is 0 Å². The molecule has 3 rings (SSSR count). The Bertz CT molecular complexity index is 1190. The Morgan fingerprint density at radius 2 is 1.06 bits per heavy atom. The van der Waals surface area contributed by atoms with Crippen LogP contribution < -0.4 is 69.3 Å². The minimum absolute atomic E-state index is 0. The second-order valence-electron chi connectivity index (χ2n) is 7.28. The van der Waals surface area contributed by atoms with Gasteiger partial charge in [-0.15, -0.1) is 0 Å². The maximum Gasteiger partial charge on any atom is 2.00 e. The molecule has 0 saturated heterocycles. The average molecular weight is 588 g/mol. The Kier molecular flexibility index (Phi) is 14.5. The van der Waals surface area contributed by atoms with E-state index in [1.165, 1.54) is 12.4 Å². The maximum absolute atomic E-state index is 12.0. The zero-order valence-corrected chi connectivity index (χ0v) is 25.5. The van der Waals surface area contributed by atoms with Crippen molar-refractivity contribution in [2.45, 2.75) is 47.6 Å². The first kappa shape index (κ1) is 34.7. The van der Waals surface area contributed by atoms with Gasteiger partial charge in [-0.3, -0.25) is 9.98 Å². The molecule has 10 nitrogen and oxygen atoms in total. The van der Waals surface area contributed by atoms with Gasteiger partial charge in [-0.25, -0.2) is 16.8 Å². The summed E-state index contributed by atoms with van der Waals surface area (Å²) in [4.78, 5) is 7.63. The fourth-order valence-electron chi connectivity index (χ4n) is 3.36. The number of benzene rings is 2. The van der Waals surface area contributed by atoms with Gasteiger partial charge in [0.15, 0.2) is 0 Å². The van der Waals surface area contributed by atoms with Crippen molar-refractivity contribution in [3.8, 4) is 11.5 Å². The first-order chi connectivity index (χ1) is 14.9. The van der Waals surface area contributed by atoms with Crippen molar-refractivity contribution < 1.29 is 112 Å². The summed E-state index contributed by atoms with van der Waals surface area (Å²) in [7, 11) is -9.44. The molecule has 0 heterocycles. The molecule has 0 aromatic heterocycles. The molecule has 1 saturated carbocycles. The predicted molar refractivity (Wildman–Crippen MR) is 109 cm³/mol. The number of aliphatic imine (C=N–C) groups is 2. The molecule has 2 aromatic carbocycles. The van der Waals surface area contributed by atoms with Gasteiger partial charge in [0.2, 0.25) is 0 Å². The summed E-state index contributed by atoms with van der Waals surface area (Å²) in [6, 6.07) is 5.01. The fraction of sp³-hybridized carbons (Fsp3) is 0.300. The molecule has 0 bridgehead atoms. The van der Waals surface area contributed by atoms with E-state index in [2.05, 4.69) is 9.98 Å². The van der Waals surface area contributed by atoms with E-state index in [0.717, 1.165) is 49.2 Å². The van der Waals surface area contributed by atoms with E-state index in [1.807, 2.05) is 0 Å². The molecule has 0 spiro atoms. The van der Waals surface area contributed by atoms with Crippen molar-refractivity contribution in [3.63, 3.8) is 0 Å². The van der Waals surface area contributed by atoms with E-state index in [9.17, 15) is 36.2 Å². The van der Waals surface area contributed by atoms with Gasteiger partial charge in [0, 0.05) is 12.4 Å². The number of nitrogens with zero attached hydrogens (tertiary/aromatic N) is 2. The Labute approximate surface area is 258 Å². The van der Waals surface area contributed by atoms with Gasteiger partial charge >= 0.3 is 76.2 Å². The SMILES string of the molecule is O=S(=O)([O-])c1ccc([O-])c(C=N[C@@H]2CCCC[C@H]2N=Cc2cc(S(=O)(=O)[O-])ccc2[O-])c1.[Cu+2].[Na+].[Na+]. The van der Waals surface area contributed by atoms with Crippen LogP contribution in [0, 0.1) is 0 Å². The Morgan fingerprint density at radius 3 is 1.37 bits per heavy atom. The van der Waals surface area contributed by atoms with Crippen molar-refractivity contribution in [2.24, 2.45) is 9.98 Å². The summed E-state index contributed by atoms with van der Waals surface area (Å²) >= 11 is 0. The minimum atomic E-state index is -4.72. The zero-order valence-electron chi connectivity index (χ0n) is 18.9. The third-order valence-corrected chi connectivity index (χ3v) is 6.71. The normalized spacial score (nSPS) is 18.5. The molecular weight excluding hydrogens is 570 g/mol. The summed E-state index contributed by atoms with van der Waals surface area (Å²) in [5, 5.41) is 24.0.